The van der Waals surface area contributed by atoms with E-state index in [4.69, 9.17) is 21.4 Å². The minimum Gasteiger partial charge on any atom is -0.368 e. The largest absolute Gasteiger partial charge is 0.368 e. The Balaban J connectivity index is 1.94. The van der Waals surface area contributed by atoms with Crippen LogP contribution in [0.1, 0.15) is 6.42 Å². The first kappa shape index (κ1) is 16.7. The summed E-state index contributed by atoms with van der Waals surface area (Å²) >= 11 is 9.42. The first-order chi connectivity index (χ1) is 10.8. The Hall–Kier alpha value is -1.18. The van der Waals surface area contributed by atoms with Gasteiger partial charge in [0.15, 0.2) is 5.82 Å². The van der Waals surface area contributed by atoms with E-state index in [1.165, 1.54) is 0 Å². The molecule has 0 bridgehead atoms. The highest BCUT2D eigenvalue weighted by atomic mass is 79.9. The van der Waals surface area contributed by atoms with Crippen LogP contribution in [0.15, 0.2) is 22.7 Å². The van der Waals surface area contributed by atoms with Crippen LogP contribution in [0, 0.1) is 0 Å². The highest BCUT2D eigenvalue weighted by Crippen LogP contribution is 2.35. The van der Waals surface area contributed by atoms with Crippen molar-refractivity contribution in [1.82, 2.24) is 15.0 Å². The van der Waals surface area contributed by atoms with Gasteiger partial charge in [-0.3, -0.25) is 4.57 Å². The lowest BCUT2D eigenvalue weighted by molar-refractivity contribution is 0.372. The number of aromatic nitrogens is 3. The van der Waals surface area contributed by atoms with Gasteiger partial charge >= 0.3 is 7.60 Å². The third-order valence-corrected chi connectivity index (χ3v) is 4.86. The van der Waals surface area contributed by atoms with Gasteiger partial charge in [-0.2, -0.15) is 4.98 Å². The van der Waals surface area contributed by atoms with E-state index in [-0.39, 0.29) is 11.4 Å². The zero-order valence-corrected chi connectivity index (χ0v) is 15.0. The number of H-pyrrole nitrogens is 1. The fourth-order valence-corrected chi connectivity index (χ4v) is 3.42. The minimum atomic E-state index is -3.99. The molecule has 3 aromatic rings. The van der Waals surface area contributed by atoms with Crippen molar-refractivity contribution in [1.29, 1.82) is 0 Å². The van der Waals surface area contributed by atoms with Crippen molar-refractivity contribution in [3.8, 4) is 0 Å². The standard InChI is InChI=1S/C13H13BrClN4O3P/c14-7-2-3-9-8(6-7)10-11(17-9)12(19-13(15)18-10)16-4-1-5-23(20,21)22/h2-3,6,17H,1,4-5H2,(H,16,18,19)(H2,20,21,22). The predicted octanol–water partition coefficient (Wildman–Crippen LogP) is 3.51. The van der Waals surface area contributed by atoms with Gasteiger partial charge < -0.3 is 20.1 Å². The maximum atomic E-state index is 10.9. The van der Waals surface area contributed by atoms with Gasteiger partial charge in [-0.25, -0.2) is 4.98 Å². The van der Waals surface area contributed by atoms with Crippen molar-refractivity contribution in [3.63, 3.8) is 0 Å². The number of nitrogens with one attached hydrogen (secondary N) is 2. The van der Waals surface area contributed by atoms with Gasteiger partial charge in [0.1, 0.15) is 11.0 Å². The van der Waals surface area contributed by atoms with Crippen molar-refractivity contribution in [2.45, 2.75) is 6.42 Å². The number of rotatable bonds is 5. The van der Waals surface area contributed by atoms with Crippen molar-refractivity contribution < 1.29 is 14.4 Å². The van der Waals surface area contributed by atoms with Crippen LogP contribution in [0.25, 0.3) is 21.9 Å². The van der Waals surface area contributed by atoms with E-state index >= 15 is 0 Å². The molecule has 0 atom stereocenters. The fourth-order valence-electron chi connectivity index (χ4n) is 2.32. The maximum absolute atomic E-state index is 10.9. The molecule has 0 aliphatic carbocycles. The second-order valence-electron chi connectivity index (χ2n) is 5.05. The molecule has 1 aromatic carbocycles. The van der Waals surface area contributed by atoms with Crippen LogP contribution < -0.4 is 5.32 Å². The van der Waals surface area contributed by atoms with Gasteiger partial charge in [0.2, 0.25) is 5.28 Å². The number of benzene rings is 1. The molecule has 10 heteroatoms. The summed E-state index contributed by atoms with van der Waals surface area (Å²) in [6.07, 6.45) is 0.140. The number of halogens is 2. The zero-order valence-electron chi connectivity index (χ0n) is 11.8. The van der Waals surface area contributed by atoms with Crippen molar-refractivity contribution >= 4 is 62.9 Å². The first-order valence-electron chi connectivity index (χ1n) is 6.76. The van der Waals surface area contributed by atoms with Gasteiger partial charge in [0.05, 0.1) is 6.16 Å². The van der Waals surface area contributed by atoms with Gasteiger partial charge in [-0.15, -0.1) is 0 Å². The quantitative estimate of drug-likeness (QED) is 0.286. The van der Waals surface area contributed by atoms with E-state index < -0.39 is 7.60 Å². The monoisotopic (exact) mass is 418 g/mol. The maximum Gasteiger partial charge on any atom is 0.325 e. The van der Waals surface area contributed by atoms with Gasteiger partial charge in [0, 0.05) is 21.9 Å². The van der Waals surface area contributed by atoms with Crippen molar-refractivity contribution in [2.75, 3.05) is 18.0 Å². The average molecular weight is 420 g/mol. The summed E-state index contributed by atoms with van der Waals surface area (Å²) in [7, 11) is -3.99. The summed E-state index contributed by atoms with van der Waals surface area (Å²) in [5, 5.41) is 4.08. The lowest BCUT2D eigenvalue weighted by atomic mass is 10.2. The summed E-state index contributed by atoms with van der Waals surface area (Å²) in [6.45, 7) is 0.368. The number of hydrogen-bond donors (Lipinski definition) is 4. The molecule has 0 amide bonds. The minimum absolute atomic E-state index is 0.107. The molecule has 3 rings (SSSR count). The van der Waals surface area contributed by atoms with Crippen LogP contribution >= 0.6 is 35.1 Å². The Morgan fingerprint density at radius 2 is 2.13 bits per heavy atom. The van der Waals surface area contributed by atoms with Crippen LogP contribution in [0.2, 0.25) is 5.28 Å². The fraction of sp³-hybridized carbons (Fsp3) is 0.231. The third-order valence-electron chi connectivity index (χ3n) is 3.30. The molecular formula is C13H13BrClN4O3P. The molecule has 23 heavy (non-hydrogen) atoms. The number of anilines is 1. The van der Waals surface area contributed by atoms with E-state index in [1.54, 1.807) is 0 Å². The predicted molar refractivity (Wildman–Crippen MR) is 94.1 cm³/mol. The molecule has 4 N–H and O–H groups in total. The molecule has 0 spiro atoms. The van der Waals surface area contributed by atoms with Crippen LogP contribution in [0.5, 0.6) is 0 Å². The zero-order chi connectivity index (χ0) is 16.6. The summed E-state index contributed by atoms with van der Waals surface area (Å²) < 4.78 is 11.8. The second-order valence-corrected chi connectivity index (χ2v) is 8.08. The SMILES string of the molecule is O=P(O)(O)CCCNc1nc(Cl)nc2c1[nH]c1ccc(Br)cc12. The smallest absolute Gasteiger partial charge is 0.325 e. The molecule has 0 unspecified atom stereocenters. The Morgan fingerprint density at radius 3 is 2.87 bits per heavy atom. The first-order valence-corrected chi connectivity index (χ1v) is 9.73. The van der Waals surface area contributed by atoms with Gasteiger partial charge in [-0.05, 0) is 36.2 Å². The molecule has 0 saturated heterocycles. The van der Waals surface area contributed by atoms with Crippen molar-refractivity contribution in [3.05, 3.63) is 28.0 Å². The summed E-state index contributed by atoms with van der Waals surface area (Å²) in [4.78, 5) is 29.4. The molecule has 0 fully saturated rings. The van der Waals surface area contributed by atoms with E-state index in [9.17, 15) is 4.57 Å². The summed E-state index contributed by atoms with van der Waals surface area (Å²) in [5.74, 6) is 0.512. The highest BCUT2D eigenvalue weighted by molar-refractivity contribution is 9.10. The van der Waals surface area contributed by atoms with Crippen LogP contribution in [-0.2, 0) is 4.57 Å². The Bertz CT molecular complexity index is 926. The van der Waals surface area contributed by atoms with E-state index in [1.807, 2.05) is 18.2 Å². The molecule has 122 valence electrons. The van der Waals surface area contributed by atoms with E-state index in [0.29, 0.717) is 29.8 Å². The number of nitrogens with zero attached hydrogens (tertiary/aromatic N) is 2. The molecule has 0 aliphatic heterocycles. The summed E-state index contributed by atoms with van der Waals surface area (Å²) in [6, 6.07) is 5.78. The lowest BCUT2D eigenvalue weighted by Gasteiger charge is -2.07. The van der Waals surface area contributed by atoms with Crippen LogP contribution in [-0.4, -0.2) is 37.4 Å². The molecular weight excluding hydrogens is 406 g/mol. The van der Waals surface area contributed by atoms with Gasteiger partial charge in [-0.1, -0.05) is 15.9 Å². The number of hydrogen-bond acceptors (Lipinski definition) is 4. The Labute approximate surface area is 144 Å². The molecule has 2 aromatic heterocycles. The normalized spacial score (nSPS) is 12.2. The lowest BCUT2D eigenvalue weighted by Crippen LogP contribution is -2.06. The number of aromatic amines is 1. The topological polar surface area (TPSA) is 111 Å². The third kappa shape index (κ3) is 3.84. The van der Waals surface area contributed by atoms with E-state index in [0.717, 1.165) is 15.4 Å². The van der Waals surface area contributed by atoms with Gasteiger partial charge in [0.25, 0.3) is 0 Å². The molecule has 0 aliphatic rings. The molecule has 7 nitrogen and oxygen atoms in total. The van der Waals surface area contributed by atoms with Crippen LogP contribution in [0.4, 0.5) is 5.82 Å². The Morgan fingerprint density at radius 1 is 1.35 bits per heavy atom. The Kier molecular flexibility index (Phi) is 4.62. The van der Waals surface area contributed by atoms with Crippen LogP contribution in [0.3, 0.4) is 0 Å². The average Bonchev–Trinajstić information content (AvgIpc) is 2.80. The second kappa shape index (κ2) is 6.37. The van der Waals surface area contributed by atoms with Crippen molar-refractivity contribution in [2.24, 2.45) is 0 Å². The summed E-state index contributed by atoms with van der Waals surface area (Å²) in [5.41, 5.74) is 2.30. The molecule has 0 radical (unpaired) electrons. The molecule has 0 saturated carbocycles. The highest BCUT2D eigenvalue weighted by Gasteiger charge is 2.14. The number of fused-ring (bicyclic) bond motifs is 3. The molecule has 2 heterocycles. The van der Waals surface area contributed by atoms with E-state index in [2.05, 4.69) is 36.2 Å².